The second-order valence-electron chi connectivity index (χ2n) is 14.2. The molecule has 0 radical (unpaired) electrons. The number of halogens is 1. The zero-order chi connectivity index (χ0) is 37.6. The first kappa shape index (κ1) is 34.7. The number of furan rings is 1. The standard InChI is InChI=1S/C42H37ClN8O4/c1-24-16-30(18-32-25(2)48-49-40(24)32)45-42(52)27-8-9-36-35(17-27)46-38(51(36)21-31-12-15-53-31)22-50-13-10-26(11-14-50)34-4-3-5-39(47-34)54-23-29-7-6-28(20-44)33-19-37(43)55-41(29)33/h3-10,16-19,31H,11-15,21-23H2,1-2H3,(H,45,52)(H,48,49)/t31-/m0/s1. The molecule has 1 saturated heterocycles. The van der Waals surface area contributed by atoms with Crippen molar-refractivity contribution in [3.05, 3.63) is 117 Å². The lowest BCUT2D eigenvalue weighted by molar-refractivity contribution is -0.0591. The van der Waals surface area contributed by atoms with Crippen LogP contribution >= 0.6 is 11.6 Å². The van der Waals surface area contributed by atoms with E-state index in [1.807, 2.05) is 68.4 Å². The SMILES string of the molecule is Cc1[nH]nc2c(C)cc(NC(=O)c3ccc4c(c3)nc(CN3CC=C(c5cccc(OCc6ccc(C#N)c7cc(Cl)oc67)n5)CC3)n4C[C@@H]3CCO3)cc12. The third-order valence-electron chi connectivity index (χ3n) is 10.5. The molecule has 7 aromatic rings. The molecule has 2 aliphatic heterocycles. The first-order valence-electron chi connectivity index (χ1n) is 18.3. The first-order chi connectivity index (χ1) is 26.8. The third-order valence-corrected chi connectivity index (χ3v) is 10.7. The van der Waals surface area contributed by atoms with Crippen molar-refractivity contribution < 1.29 is 18.7 Å². The molecule has 4 aromatic heterocycles. The molecule has 0 aliphatic carbocycles. The summed E-state index contributed by atoms with van der Waals surface area (Å²) in [6.45, 7) is 7.90. The fourth-order valence-electron chi connectivity index (χ4n) is 7.44. The molecule has 12 nitrogen and oxygen atoms in total. The maximum atomic E-state index is 13.5. The van der Waals surface area contributed by atoms with E-state index < -0.39 is 0 Å². The molecule has 9 rings (SSSR count). The lowest BCUT2D eigenvalue weighted by Crippen LogP contribution is -2.33. The lowest BCUT2D eigenvalue weighted by Gasteiger charge is -2.29. The fraction of sp³-hybridized carbons (Fsp3) is 0.262. The number of hydrogen-bond acceptors (Lipinski definition) is 9. The molecule has 13 heteroatoms. The van der Waals surface area contributed by atoms with Crippen LogP contribution in [0.2, 0.25) is 5.22 Å². The second kappa shape index (κ2) is 14.3. The van der Waals surface area contributed by atoms with Gasteiger partial charge in [-0.1, -0.05) is 18.2 Å². The zero-order valence-electron chi connectivity index (χ0n) is 30.4. The number of anilines is 1. The average molecular weight is 753 g/mol. The van der Waals surface area contributed by atoms with Gasteiger partial charge in [0.1, 0.15) is 18.0 Å². The largest absolute Gasteiger partial charge is 0.473 e. The summed E-state index contributed by atoms with van der Waals surface area (Å²) in [5.74, 6) is 1.26. The average Bonchev–Trinajstić information content (AvgIpc) is 3.86. The van der Waals surface area contributed by atoms with E-state index in [2.05, 4.69) is 37.1 Å². The normalized spacial score (nSPS) is 16.0. The molecule has 2 aliphatic rings. The number of H-pyrrole nitrogens is 1. The second-order valence-corrected chi connectivity index (χ2v) is 14.5. The molecule has 1 atom stereocenters. The van der Waals surface area contributed by atoms with Crippen molar-refractivity contribution in [2.24, 2.45) is 0 Å². The van der Waals surface area contributed by atoms with Gasteiger partial charge in [0.15, 0.2) is 5.22 Å². The number of carbonyl (C=O) groups excluding carboxylic acids is 1. The highest BCUT2D eigenvalue weighted by Gasteiger charge is 2.24. The molecule has 0 bridgehead atoms. The highest BCUT2D eigenvalue weighted by atomic mass is 35.5. The number of rotatable bonds is 10. The Morgan fingerprint density at radius 2 is 2.00 bits per heavy atom. The van der Waals surface area contributed by atoms with Gasteiger partial charge in [0, 0.05) is 65.1 Å². The molecule has 0 unspecified atom stereocenters. The lowest BCUT2D eigenvalue weighted by atomic mass is 10.0. The number of carbonyl (C=O) groups is 1. The van der Waals surface area contributed by atoms with Gasteiger partial charge in [-0.2, -0.15) is 10.4 Å². The van der Waals surface area contributed by atoms with Crippen molar-refractivity contribution in [1.29, 1.82) is 5.26 Å². The van der Waals surface area contributed by atoms with E-state index >= 15 is 0 Å². The number of aromatic amines is 1. The minimum absolute atomic E-state index is 0.150. The summed E-state index contributed by atoms with van der Waals surface area (Å²) in [4.78, 5) is 25.7. The predicted molar refractivity (Wildman–Crippen MR) is 210 cm³/mol. The third kappa shape index (κ3) is 6.82. The Hall–Kier alpha value is -6.00. The Morgan fingerprint density at radius 1 is 1.11 bits per heavy atom. The molecule has 276 valence electrons. The summed E-state index contributed by atoms with van der Waals surface area (Å²) < 4.78 is 19.8. The van der Waals surface area contributed by atoms with Gasteiger partial charge in [-0.15, -0.1) is 0 Å². The molecule has 1 amide bonds. The summed E-state index contributed by atoms with van der Waals surface area (Å²) in [7, 11) is 0. The fourth-order valence-corrected chi connectivity index (χ4v) is 7.63. The monoisotopic (exact) mass is 752 g/mol. The molecule has 6 heterocycles. The number of ether oxygens (including phenoxy) is 2. The number of nitrogens with one attached hydrogen (secondary N) is 2. The number of pyridine rings is 1. The smallest absolute Gasteiger partial charge is 0.255 e. The van der Waals surface area contributed by atoms with Gasteiger partial charge in [0.2, 0.25) is 5.88 Å². The Kier molecular flexibility index (Phi) is 9.06. The van der Waals surface area contributed by atoms with E-state index in [0.717, 1.165) is 94.1 Å². The molecule has 0 saturated carbocycles. The summed E-state index contributed by atoms with van der Waals surface area (Å²) in [5, 5.41) is 21.8. The zero-order valence-corrected chi connectivity index (χ0v) is 31.1. The van der Waals surface area contributed by atoms with Gasteiger partial charge in [-0.3, -0.25) is 14.8 Å². The number of nitriles is 1. The summed E-state index contributed by atoms with van der Waals surface area (Å²) in [5.41, 5.74) is 9.75. The van der Waals surface area contributed by atoms with Crippen LogP contribution in [0, 0.1) is 25.2 Å². The number of imidazole rings is 1. The van der Waals surface area contributed by atoms with E-state index in [4.69, 9.17) is 35.5 Å². The minimum atomic E-state index is -0.189. The highest BCUT2D eigenvalue weighted by molar-refractivity contribution is 6.29. The van der Waals surface area contributed by atoms with Crippen molar-refractivity contribution >= 4 is 61.7 Å². The van der Waals surface area contributed by atoms with Crippen LogP contribution in [-0.2, 0) is 24.4 Å². The predicted octanol–water partition coefficient (Wildman–Crippen LogP) is 8.11. The maximum absolute atomic E-state index is 13.5. The molecule has 3 aromatic carbocycles. The van der Waals surface area contributed by atoms with E-state index in [-0.39, 0.29) is 23.8 Å². The molecule has 55 heavy (non-hydrogen) atoms. The summed E-state index contributed by atoms with van der Waals surface area (Å²) in [6, 6.07) is 22.8. The van der Waals surface area contributed by atoms with Crippen LogP contribution in [0.1, 0.15) is 57.1 Å². The van der Waals surface area contributed by atoms with Gasteiger partial charge < -0.3 is 23.8 Å². The Labute approximate surface area is 321 Å². The quantitative estimate of drug-likeness (QED) is 0.141. The van der Waals surface area contributed by atoms with Crippen LogP contribution in [0.3, 0.4) is 0 Å². The van der Waals surface area contributed by atoms with Crippen LogP contribution in [0.5, 0.6) is 5.88 Å². The summed E-state index contributed by atoms with van der Waals surface area (Å²) >= 11 is 6.11. The van der Waals surface area contributed by atoms with Crippen molar-refractivity contribution in [2.75, 3.05) is 25.0 Å². The van der Waals surface area contributed by atoms with E-state index in [9.17, 15) is 10.1 Å². The van der Waals surface area contributed by atoms with Crippen molar-refractivity contribution in [3.63, 3.8) is 0 Å². The molecule has 0 spiro atoms. The molecule has 1 fully saturated rings. The molecular formula is C42H37ClN8O4. The van der Waals surface area contributed by atoms with Crippen molar-refractivity contribution in [2.45, 2.75) is 52.5 Å². The Balaban J connectivity index is 0.896. The van der Waals surface area contributed by atoms with Crippen molar-refractivity contribution in [3.8, 4) is 11.9 Å². The molecule has 2 N–H and O–H groups in total. The Bertz CT molecular complexity index is 2700. The highest BCUT2D eigenvalue weighted by Crippen LogP contribution is 2.31. The van der Waals surface area contributed by atoms with Crippen LogP contribution < -0.4 is 10.1 Å². The van der Waals surface area contributed by atoms with Gasteiger partial charge in [0.05, 0.1) is 53.1 Å². The number of aromatic nitrogens is 5. The van der Waals surface area contributed by atoms with E-state index in [0.29, 0.717) is 41.1 Å². The number of hydrogen-bond donors (Lipinski definition) is 2. The van der Waals surface area contributed by atoms with E-state index in [1.54, 1.807) is 12.1 Å². The van der Waals surface area contributed by atoms with Crippen molar-refractivity contribution in [1.82, 2.24) is 29.6 Å². The number of aryl methyl sites for hydroxylation is 2. The summed E-state index contributed by atoms with van der Waals surface area (Å²) in [6.07, 6.45) is 4.20. The van der Waals surface area contributed by atoms with Gasteiger partial charge >= 0.3 is 0 Å². The molecular weight excluding hydrogens is 716 g/mol. The van der Waals surface area contributed by atoms with E-state index in [1.165, 1.54) is 0 Å². The number of nitrogens with zero attached hydrogens (tertiary/aromatic N) is 6. The minimum Gasteiger partial charge on any atom is -0.473 e. The first-order valence-corrected chi connectivity index (χ1v) is 18.7. The number of benzene rings is 3. The van der Waals surface area contributed by atoms with Crippen LogP contribution in [0.4, 0.5) is 5.69 Å². The number of amides is 1. The van der Waals surface area contributed by atoms with Crippen LogP contribution in [-0.4, -0.2) is 61.3 Å². The van der Waals surface area contributed by atoms with Crippen LogP contribution in [0.15, 0.2) is 77.2 Å². The van der Waals surface area contributed by atoms with Gasteiger partial charge in [0.25, 0.3) is 5.91 Å². The Morgan fingerprint density at radius 3 is 2.80 bits per heavy atom. The van der Waals surface area contributed by atoms with Gasteiger partial charge in [-0.05, 0) is 91.9 Å². The van der Waals surface area contributed by atoms with Crippen LogP contribution in [0.25, 0.3) is 38.5 Å². The maximum Gasteiger partial charge on any atom is 0.255 e. The number of fused-ring (bicyclic) bond motifs is 3. The van der Waals surface area contributed by atoms with Gasteiger partial charge in [-0.25, -0.2) is 9.97 Å². The topological polar surface area (TPSA) is 147 Å².